The van der Waals surface area contributed by atoms with Crippen molar-refractivity contribution in [2.75, 3.05) is 0 Å². The van der Waals surface area contributed by atoms with Gasteiger partial charge in [0.05, 0.1) is 0 Å². The lowest BCUT2D eigenvalue weighted by Crippen LogP contribution is -1.89. The van der Waals surface area contributed by atoms with Gasteiger partial charge in [-0.2, -0.15) is 0 Å². The first-order valence-corrected chi connectivity index (χ1v) is 4.54. The Morgan fingerprint density at radius 2 is 2.06 bits per heavy atom. The molecular weight excluding hydrogens is 214 g/mol. The summed E-state index contributed by atoms with van der Waals surface area (Å²) in [4.78, 5) is 10.2. The summed E-state index contributed by atoms with van der Waals surface area (Å²) in [5.74, 6) is -2.17. The molecule has 0 saturated carbocycles. The minimum atomic E-state index is -1.09. The smallest absolute Gasteiger partial charge is 0.328 e. The van der Waals surface area contributed by atoms with Gasteiger partial charge in [0.15, 0.2) is 0 Å². The molecule has 0 spiro atoms. The van der Waals surface area contributed by atoms with E-state index in [9.17, 15) is 13.6 Å². The van der Waals surface area contributed by atoms with E-state index in [0.29, 0.717) is 5.57 Å². The highest BCUT2D eigenvalue weighted by atomic mass is 19.1. The molecule has 0 aromatic heterocycles. The molecule has 0 radical (unpaired) electrons. The lowest BCUT2D eigenvalue weighted by Gasteiger charge is -2.02. The first-order chi connectivity index (χ1) is 7.50. The highest BCUT2D eigenvalue weighted by Gasteiger charge is 2.04. The minimum absolute atomic E-state index is 0.120. The van der Waals surface area contributed by atoms with Crippen molar-refractivity contribution in [3.05, 3.63) is 53.6 Å². The molecule has 0 bridgehead atoms. The lowest BCUT2D eigenvalue weighted by molar-refractivity contribution is -0.131. The first-order valence-electron chi connectivity index (χ1n) is 4.54. The Hall–Kier alpha value is -1.97. The van der Waals surface area contributed by atoms with Crippen LogP contribution >= 0.6 is 0 Å². The van der Waals surface area contributed by atoms with E-state index >= 15 is 0 Å². The summed E-state index contributed by atoms with van der Waals surface area (Å²) >= 11 is 0. The van der Waals surface area contributed by atoms with Crippen LogP contribution in [0.5, 0.6) is 0 Å². The second-order valence-corrected chi connectivity index (χ2v) is 3.17. The number of carboxylic acid groups (broad SMARTS) is 1. The summed E-state index contributed by atoms with van der Waals surface area (Å²) in [6.45, 7) is 1.57. The summed E-state index contributed by atoms with van der Waals surface area (Å²) < 4.78 is 26.1. The van der Waals surface area contributed by atoms with Gasteiger partial charge in [0, 0.05) is 11.6 Å². The Labute approximate surface area is 91.5 Å². The van der Waals surface area contributed by atoms with E-state index in [-0.39, 0.29) is 5.56 Å². The summed E-state index contributed by atoms with van der Waals surface area (Å²) in [7, 11) is 0. The van der Waals surface area contributed by atoms with Crippen LogP contribution in [0.25, 0.3) is 5.57 Å². The monoisotopic (exact) mass is 224 g/mol. The van der Waals surface area contributed by atoms with E-state index < -0.39 is 17.6 Å². The number of aliphatic carboxylic acids is 1. The maximum absolute atomic E-state index is 13.3. The van der Waals surface area contributed by atoms with E-state index in [4.69, 9.17) is 5.11 Å². The standard InChI is InChI=1S/C12H10F2O2/c1-8(3-2-4-12(15)16)10-7-9(13)5-6-11(10)14/h2-7H,1H3,(H,15,16)/b4-2+,8-3+. The maximum atomic E-state index is 13.3. The molecule has 0 unspecified atom stereocenters. The second-order valence-electron chi connectivity index (χ2n) is 3.17. The van der Waals surface area contributed by atoms with Gasteiger partial charge in [-0.3, -0.25) is 0 Å². The van der Waals surface area contributed by atoms with Gasteiger partial charge in [0.2, 0.25) is 0 Å². The van der Waals surface area contributed by atoms with Crippen molar-refractivity contribution in [3.8, 4) is 0 Å². The lowest BCUT2D eigenvalue weighted by atomic mass is 10.1. The number of rotatable bonds is 3. The number of halogens is 2. The highest BCUT2D eigenvalue weighted by molar-refractivity contribution is 5.80. The van der Waals surface area contributed by atoms with Crippen molar-refractivity contribution in [3.63, 3.8) is 0 Å². The second kappa shape index (κ2) is 5.21. The molecule has 0 aliphatic heterocycles. The predicted octanol–water partition coefficient (Wildman–Crippen LogP) is 3.01. The predicted molar refractivity (Wildman–Crippen MR) is 56.8 cm³/mol. The van der Waals surface area contributed by atoms with Gasteiger partial charge in [0.25, 0.3) is 0 Å². The summed E-state index contributed by atoms with van der Waals surface area (Å²) in [5, 5.41) is 8.35. The van der Waals surface area contributed by atoms with Crippen LogP contribution in [0.15, 0.2) is 36.4 Å². The summed E-state index contributed by atoms with van der Waals surface area (Å²) in [5.41, 5.74) is 0.574. The molecule has 0 atom stereocenters. The molecule has 0 amide bonds. The topological polar surface area (TPSA) is 37.3 Å². The molecule has 0 aliphatic rings. The Bertz CT molecular complexity index is 462. The van der Waals surface area contributed by atoms with E-state index in [1.165, 1.54) is 12.2 Å². The Morgan fingerprint density at radius 1 is 1.38 bits per heavy atom. The van der Waals surface area contributed by atoms with Crippen LogP contribution in [-0.4, -0.2) is 11.1 Å². The van der Waals surface area contributed by atoms with Crippen LogP contribution in [0.2, 0.25) is 0 Å². The van der Waals surface area contributed by atoms with Crippen LogP contribution in [0.3, 0.4) is 0 Å². The summed E-state index contributed by atoms with van der Waals surface area (Å²) in [6, 6.07) is 3.12. The fourth-order valence-electron chi connectivity index (χ4n) is 1.16. The molecular formula is C12H10F2O2. The van der Waals surface area contributed by atoms with Gasteiger partial charge < -0.3 is 5.11 Å². The van der Waals surface area contributed by atoms with Crippen LogP contribution in [0, 0.1) is 11.6 Å². The van der Waals surface area contributed by atoms with Crippen LogP contribution < -0.4 is 0 Å². The maximum Gasteiger partial charge on any atom is 0.328 e. The average molecular weight is 224 g/mol. The van der Waals surface area contributed by atoms with Crippen LogP contribution in [0.4, 0.5) is 8.78 Å². The van der Waals surface area contributed by atoms with Crippen LogP contribution in [-0.2, 0) is 4.79 Å². The van der Waals surface area contributed by atoms with Crippen molar-refractivity contribution in [1.29, 1.82) is 0 Å². The Morgan fingerprint density at radius 3 is 2.69 bits per heavy atom. The third-order valence-electron chi connectivity index (χ3n) is 1.94. The molecule has 0 saturated heterocycles. The van der Waals surface area contributed by atoms with E-state index in [1.54, 1.807) is 6.92 Å². The molecule has 1 aromatic rings. The zero-order chi connectivity index (χ0) is 12.1. The Balaban J connectivity index is 2.99. The van der Waals surface area contributed by atoms with Gasteiger partial charge in [-0.05, 0) is 30.7 Å². The summed E-state index contributed by atoms with van der Waals surface area (Å²) in [6.07, 6.45) is 3.59. The number of benzene rings is 1. The molecule has 84 valence electrons. The molecule has 0 fully saturated rings. The molecule has 1 aromatic carbocycles. The molecule has 2 nitrogen and oxygen atoms in total. The normalized spacial score (nSPS) is 12.1. The number of carbonyl (C=O) groups is 1. The van der Waals surface area contributed by atoms with Crippen molar-refractivity contribution < 1.29 is 18.7 Å². The fourth-order valence-corrected chi connectivity index (χ4v) is 1.16. The Kier molecular flexibility index (Phi) is 3.94. The first kappa shape index (κ1) is 12.1. The molecule has 0 aliphatic carbocycles. The van der Waals surface area contributed by atoms with Crippen molar-refractivity contribution in [1.82, 2.24) is 0 Å². The van der Waals surface area contributed by atoms with Gasteiger partial charge in [-0.25, -0.2) is 13.6 Å². The minimum Gasteiger partial charge on any atom is -0.478 e. The third kappa shape index (κ3) is 3.31. The van der Waals surface area contributed by atoms with Gasteiger partial charge in [0.1, 0.15) is 11.6 Å². The number of hydrogen-bond donors (Lipinski definition) is 1. The molecule has 1 rings (SSSR count). The largest absolute Gasteiger partial charge is 0.478 e. The SMILES string of the molecule is C/C(=C\C=C\C(=O)O)c1cc(F)ccc1F. The zero-order valence-electron chi connectivity index (χ0n) is 8.58. The highest BCUT2D eigenvalue weighted by Crippen LogP contribution is 2.18. The van der Waals surface area contributed by atoms with Gasteiger partial charge >= 0.3 is 5.97 Å². The van der Waals surface area contributed by atoms with Crippen molar-refractivity contribution in [2.24, 2.45) is 0 Å². The van der Waals surface area contributed by atoms with E-state index in [2.05, 4.69) is 0 Å². The van der Waals surface area contributed by atoms with Crippen molar-refractivity contribution in [2.45, 2.75) is 6.92 Å². The van der Waals surface area contributed by atoms with E-state index in [1.807, 2.05) is 0 Å². The van der Waals surface area contributed by atoms with Gasteiger partial charge in [-0.15, -0.1) is 0 Å². The fraction of sp³-hybridized carbons (Fsp3) is 0.0833. The number of carboxylic acids is 1. The quantitative estimate of drug-likeness (QED) is 0.633. The number of hydrogen-bond acceptors (Lipinski definition) is 1. The van der Waals surface area contributed by atoms with Gasteiger partial charge in [-0.1, -0.05) is 12.2 Å². The molecule has 0 heterocycles. The molecule has 1 N–H and O–H groups in total. The zero-order valence-corrected chi connectivity index (χ0v) is 8.58. The van der Waals surface area contributed by atoms with E-state index in [0.717, 1.165) is 24.3 Å². The molecule has 16 heavy (non-hydrogen) atoms. The number of allylic oxidation sites excluding steroid dienone is 3. The third-order valence-corrected chi connectivity index (χ3v) is 1.94. The average Bonchev–Trinajstić information content (AvgIpc) is 2.21. The molecule has 4 heteroatoms. The van der Waals surface area contributed by atoms with Crippen LogP contribution in [0.1, 0.15) is 12.5 Å². The van der Waals surface area contributed by atoms with Crippen molar-refractivity contribution >= 4 is 11.5 Å².